The van der Waals surface area contributed by atoms with E-state index < -0.39 is 0 Å². The molecule has 0 unspecified atom stereocenters. The molecule has 3 atom stereocenters. The van der Waals surface area contributed by atoms with Crippen molar-refractivity contribution in [3.63, 3.8) is 0 Å². The molecule has 3 heteroatoms. The summed E-state index contributed by atoms with van der Waals surface area (Å²) < 4.78 is 4.94. The van der Waals surface area contributed by atoms with Crippen LogP contribution in [-0.4, -0.2) is 18.7 Å². The van der Waals surface area contributed by atoms with Crippen LogP contribution in [0.25, 0.3) is 0 Å². The van der Waals surface area contributed by atoms with E-state index in [9.17, 15) is 9.59 Å². The van der Waals surface area contributed by atoms with Crippen LogP contribution in [0, 0.1) is 17.8 Å². The predicted octanol–water partition coefficient (Wildman–Crippen LogP) is 1.50. The van der Waals surface area contributed by atoms with Gasteiger partial charge in [0, 0.05) is 17.9 Å². The Morgan fingerprint density at radius 2 is 2.13 bits per heavy atom. The van der Waals surface area contributed by atoms with E-state index in [4.69, 9.17) is 4.74 Å². The second kappa shape index (κ2) is 3.65. The first-order valence-electron chi connectivity index (χ1n) is 5.15. The molecule has 0 aliphatic heterocycles. The SMILES string of the molecule is COC1=CC(=O)[C@H]2CC=C[C@@H](C)[C@H]2C1=O. The van der Waals surface area contributed by atoms with Gasteiger partial charge in [-0.2, -0.15) is 0 Å². The minimum Gasteiger partial charge on any atom is -0.493 e. The summed E-state index contributed by atoms with van der Waals surface area (Å²) in [7, 11) is 1.43. The number of carbonyl (C=O) groups is 2. The topological polar surface area (TPSA) is 43.4 Å². The van der Waals surface area contributed by atoms with Crippen molar-refractivity contribution in [2.24, 2.45) is 17.8 Å². The minimum atomic E-state index is -0.220. The molecule has 0 bridgehead atoms. The average molecular weight is 206 g/mol. The second-order valence-corrected chi connectivity index (χ2v) is 4.13. The summed E-state index contributed by atoms with van der Waals surface area (Å²) in [4.78, 5) is 23.7. The van der Waals surface area contributed by atoms with Gasteiger partial charge in [-0.25, -0.2) is 0 Å². The predicted molar refractivity (Wildman–Crippen MR) is 55.0 cm³/mol. The van der Waals surface area contributed by atoms with Crippen LogP contribution in [0.4, 0.5) is 0 Å². The molecule has 0 aromatic rings. The van der Waals surface area contributed by atoms with Crippen molar-refractivity contribution in [3.8, 4) is 0 Å². The van der Waals surface area contributed by atoms with Crippen LogP contribution in [0.2, 0.25) is 0 Å². The van der Waals surface area contributed by atoms with Gasteiger partial charge in [0.1, 0.15) is 0 Å². The van der Waals surface area contributed by atoms with Crippen LogP contribution in [0.5, 0.6) is 0 Å². The number of fused-ring (bicyclic) bond motifs is 1. The lowest BCUT2D eigenvalue weighted by atomic mass is 9.69. The number of methoxy groups -OCH3 is 1. The number of allylic oxidation sites excluding steroid dienone is 4. The third kappa shape index (κ3) is 1.52. The first-order chi connectivity index (χ1) is 7.15. The Morgan fingerprint density at radius 1 is 1.40 bits per heavy atom. The van der Waals surface area contributed by atoms with E-state index in [-0.39, 0.29) is 35.1 Å². The molecule has 2 aliphatic carbocycles. The molecule has 2 rings (SSSR count). The first-order valence-corrected chi connectivity index (χ1v) is 5.15. The normalized spacial score (nSPS) is 34.8. The molecule has 0 amide bonds. The molecular weight excluding hydrogens is 192 g/mol. The van der Waals surface area contributed by atoms with Crippen LogP contribution >= 0.6 is 0 Å². The van der Waals surface area contributed by atoms with Crippen LogP contribution < -0.4 is 0 Å². The summed E-state index contributed by atoms with van der Waals surface area (Å²) in [6.07, 6.45) is 6.01. The maximum Gasteiger partial charge on any atom is 0.201 e. The van der Waals surface area contributed by atoms with Gasteiger partial charge in [-0.05, 0) is 12.3 Å². The molecule has 0 heterocycles. The number of ether oxygens (including phenoxy) is 1. The maximum absolute atomic E-state index is 12.0. The highest BCUT2D eigenvalue weighted by atomic mass is 16.5. The molecule has 0 aromatic heterocycles. The summed E-state index contributed by atoms with van der Waals surface area (Å²) in [6, 6.07) is 0. The van der Waals surface area contributed by atoms with Crippen LogP contribution in [0.3, 0.4) is 0 Å². The molecule has 0 N–H and O–H groups in total. The van der Waals surface area contributed by atoms with Crippen molar-refractivity contribution in [1.29, 1.82) is 0 Å². The summed E-state index contributed by atoms with van der Waals surface area (Å²) in [5, 5.41) is 0. The number of hydrogen-bond donors (Lipinski definition) is 0. The van der Waals surface area contributed by atoms with E-state index in [1.54, 1.807) is 0 Å². The fourth-order valence-electron chi connectivity index (χ4n) is 2.42. The van der Waals surface area contributed by atoms with Gasteiger partial charge >= 0.3 is 0 Å². The third-order valence-electron chi connectivity index (χ3n) is 3.23. The van der Waals surface area contributed by atoms with Gasteiger partial charge in [-0.3, -0.25) is 9.59 Å². The monoisotopic (exact) mass is 206 g/mol. The Kier molecular flexibility index (Phi) is 2.47. The molecule has 0 saturated carbocycles. The third-order valence-corrected chi connectivity index (χ3v) is 3.23. The fraction of sp³-hybridized carbons (Fsp3) is 0.500. The van der Waals surface area contributed by atoms with Crippen molar-refractivity contribution in [2.45, 2.75) is 13.3 Å². The largest absolute Gasteiger partial charge is 0.493 e. The molecule has 0 saturated heterocycles. The van der Waals surface area contributed by atoms with Crippen molar-refractivity contribution < 1.29 is 14.3 Å². The number of rotatable bonds is 1. The van der Waals surface area contributed by atoms with E-state index in [2.05, 4.69) is 0 Å². The molecule has 0 radical (unpaired) electrons. The fourth-order valence-corrected chi connectivity index (χ4v) is 2.42. The molecule has 2 aliphatic rings. The molecule has 3 nitrogen and oxygen atoms in total. The van der Waals surface area contributed by atoms with E-state index in [1.165, 1.54) is 13.2 Å². The average Bonchev–Trinajstić information content (AvgIpc) is 2.23. The lowest BCUT2D eigenvalue weighted by molar-refractivity contribution is -0.133. The Labute approximate surface area is 88.8 Å². The first kappa shape index (κ1) is 10.1. The minimum absolute atomic E-state index is 0.0210. The standard InChI is InChI=1S/C12H14O3/c1-7-4-3-5-8-9(13)6-10(15-2)12(14)11(7)8/h3-4,6-8,11H,5H2,1-2H3/t7-,8-,11-/m1/s1. The smallest absolute Gasteiger partial charge is 0.201 e. The molecule has 0 fully saturated rings. The summed E-state index contributed by atoms with van der Waals surface area (Å²) in [5.74, 6) is -0.0621. The maximum atomic E-state index is 12.0. The number of carbonyl (C=O) groups excluding carboxylic acids is 2. The van der Waals surface area contributed by atoms with Crippen molar-refractivity contribution in [3.05, 3.63) is 24.0 Å². The highest BCUT2D eigenvalue weighted by molar-refractivity contribution is 6.09. The van der Waals surface area contributed by atoms with Crippen molar-refractivity contribution >= 4 is 11.6 Å². The van der Waals surface area contributed by atoms with Gasteiger partial charge in [-0.1, -0.05) is 19.1 Å². The summed E-state index contributed by atoms with van der Waals surface area (Å²) in [6.45, 7) is 1.97. The Hall–Kier alpha value is -1.38. The van der Waals surface area contributed by atoms with Gasteiger partial charge in [0.05, 0.1) is 7.11 Å². The van der Waals surface area contributed by atoms with E-state index in [0.717, 1.165) is 0 Å². The zero-order valence-corrected chi connectivity index (χ0v) is 8.90. The number of hydrogen-bond acceptors (Lipinski definition) is 3. The highest BCUT2D eigenvalue weighted by Crippen LogP contribution is 2.36. The van der Waals surface area contributed by atoms with E-state index >= 15 is 0 Å². The van der Waals surface area contributed by atoms with Crippen molar-refractivity contribution in [2.75, 3.05) is 7.11 Å². The van der Waals surface area contributed by atoms with Crippen LogP contribution in [0.15, 0.2) is 24.0 Å². The Balaban J connectivity index is 2.39. The summed E-state index contributed by atoms with van der Waals surface area (Å²) >= 11 is 0. The Morgan fingerprint density at radius 3 is 2.80 bits per heavy atom. The van der Waals surface area contributed by atoms with Gasteiger partial charge in [0.15, 0.2) is 11.5 Å². The molecule has 15 heavy (non-hydrogen) atoms. The number of ketones is 2. The van der Waals surface area contributed by atoms with E-state index in [0.29, 0.717) is 6.42 Å². The zero-order valence-electron chi connectivity index (χ0n) is 8.90. The van der Waals surface area contributed by atoms with Crippen LogP contribution in [-0.2, 0) is 14.3 Å². The zero-order chi connectivity index (χ0) is 11.0. The molecule has 0 spiro atoms. The molecule has 80 valence electrons. The van der Waals surface area contributed by atoms with Gasteiger partial charge in [0.2, 0.25) is 5.78 Å². The van der Waals surface area contributed by atoms with Gasteiger partial charge < -0.3 is 4.74 Å². The molecule has 0 aromatic carbocycles. The quantitative estimate of drug-likeness (QED) is 0.610. The Bertz CT molecular complexity index is 365. The number of Topliss-reactive ketones (excluding diaryl/α,β-unsaturated/α-hetero) is 1. The van der Waals surface area contributed by atoms with E-state index in [1.807, 2.05) is 19.1 Å². The molecular formula is C12H14O3. The van der Waals surface area contributed by atoms with Gasteiger partial charge in [0.25, 0.3) is 0 Å². The summed E-state index contributed by atoms with van der Waals surface area (Å²) in [5.41, 5.74) is 0. The lowest BCUT2D eigenvalue weighted by Gasteiger charge is -2.33. The van der Waals surface area contributed by atoms with Gasteiger partial charge in [-0.15, -0.1) is 0 Å². The van der Waals surface area contributed by atoms with Crippen molar-refractivity contribution in [1.82, 2.24) is 0 Å². The highest BCUT2D eigenvalue weighted by Gasteiger charge is 2.42. The lowest BCUT2D eigenvalue weighted by Crippen LogP contribution is -2.40. The second-order valence-electron chi connectivity index (χ2n) is 4.13. The van der Waals surface area contributed by atoms with Crippen LogP contribution in [0.1, 0.15) is 13.3 Å².